The van der Waals surface area contributed by atoms with E-state index in [2.05, 4.69) is 72.8 Å². The molecule has 1 unspecified atom stereocenters. The summed E-state index contributed by atoms with van der Waals surface area (Å²) in [5.41, 5.74) is 8.59. The van der Waals surface area contributed by atoms with Gasteiger partial charge in [0.2, 0.25) is 0 Å². The van der Waals surface area contributed by atoms with Crippen LogP contribution in [0, 0.1) is 6.92 Å². The standard InChI is InChI=1S/C21H32/c1-8-11-19-14-20(16(5)10-3)12-18(7)21(19)13-17(6)15(4)9-2/h9,12-14,16H,8,10-11H2,1-7H3/b15-9+,17-13+. The molecular formula is C21H32. The summed E-state index contributed by atoms with van der Waals surface area (Å²) in [5.74, 6) is 0.649. The lowest BCUT2D eigenvalue weighted by molar-refractivity contribution is 0.730. The van der Waals surface area contributed by atoms with Crippen LogP contribution in [0.4, 0.5) is 0 Å². The SMILES string of the molecule is C/C=C(C)/C(C)=C/c1c(C)cc(C(C)CC)cc1CCC. The lowest BCUT2D eigenvalue weighted by Crippen LogP contribution is -1.99. The molecule has 0 heteroatoms. The monoisotopic (exact) mass is 284 g/mol. The van der Waals surface area contributed by atoms with Crippen molar-refractivity contribution in [3.05, 3.63) is 51.6 Å². The third kappa shape index (κ3) is 4.59. The summed E-state index contributed by atoms with van der Waals surface area (Å²) in [6.07, 6.45) is 8.13. The summed E-state index contributed by atoms with van der Waals surface area (Å²) >= 11 is 0. The molecule has 0 saturated carbocycles. The quantitative estimate of drug-likeness (QED) is 0.502. The van der Waals surface area contributed by atoms with Crippen molar-refractivity contribution >= 4 is 6.08 Å². The van der Waals surface area contributed by atoms with Crippen LogP contribution in [0.2, 0.25) is 0 Å². The normalized spacial score (nSPS) is 14.4. The number of hydrogen-bond acceptors (Lipinski definition) is 0. The van der Waals surface area contributed by atoms with E-state index >= 15 is 0 Å². The second kappa shape index (κ2) is 8.22. The van der Waals surface area contributed by atoms with Gasteiger partial charge in [0.1, 0.15) is 0 Å². The molecule has 21 heavy (non-hydrogen) atoms. The van der Waals surface area contributed by atoms with E-state index in [1.165, 1.54) is 52.7 Å². The first-order chi connectivity index (χ1) is 9.94. The zero-order chi connectivity index (χ0) is 16.0. The van der Waals surface area contributed by atoms with Crippen LogP contribution < -0.4 is 0 Å². The number of rotatable bonds is 6. The minimum absolute atomic E-state index is 0.649. The molecule has 0 fully saturated rings. The molecule has 116 valence electrons. The van der Waals surface area contributed by atoms with Gasteiger partial charge in [0.25, 0.3) is 0 Å². The fourth-order valence-corrected chi connectivity index (χ4v) is 2.66. The molecule has 0 aromatic heterocycles. The van der Waals surface area contributed by atoms with E-state index in [0.29, 0.717) is 5.92 Å². The first-order valence-electron chi connectivity index (χ1n) is 8.39. The highest BCUT2D eigenvalue weighted by Gasteiger charge is 2.10. The Bertz CT molecular complexity index is 529. The van der Waals surface area contributed by atoms with E-state index in [-0.39, 0.29) is 0 Å². The van der Waals surface area contributed by atoms with E-state index < -0.39 is 0 Å². The predicted molar refractivity (Wildman–Crippen MR) is 97.0 cm³/mol. The van der Waals surface area contributed by atoms with Crippen LogP contribution >= 0.6 is 0 Å². The van der Waals surface area contributed by atoms with Crippen molar-refractivity contribution in [2.45, 2.75) is 73.6 Å². The summed E-state index contributed by atoms with van der Waals surface area (Å²) in [4.78, 5) is 0. The van der Waals surface area contributed by atoms with Gasteiger partial charge in [-0.05, 0) is 74.3 Å². The molecule has 0 aliphatic heterocycles. The van der Waals surface area contributed by atoms with Gasteiger partial charge < -0.3 is 0 Å². The molecule has 0 saturated heterocycles. The maximum atomic E-state index is 2.44. The molecule has 0 radical (unpaired) electrons. The van der Waals surface area contributed by atoms with Crippen molar-refractivity contribution in [3.63, 3.8) is 0 Å². The molecule has 1 atom stereocenters. The number of hydrogen-bond donors (Lipinski definition) is 0. The number of allylic oxidation sites excluding steroid dienone is 3. The van der Waals surface area contributed by atoms with Gasteiger partial charge in [-0.3, -0.25) is 0 Å². The van der Waals surface area contributed by atoms with Gasteiger partial charge in [-0.2, -0.15) is 0 Å². The van der Waals surface area contributed by atoms with Crippen molar-refractivity contribution in [3.8, 4) is 0 Å². The van der Waals surface area contributed by atoms with E-state index in [9.17, 15) is 0 Å². The number of aryl methyl sites for hydroxylation is 2. The molecule has 0 aliphatic carbocycles. The Kier molecular flexibility index (Phi) is 6.95. The van der Waals surface area contributed by atoms with Gasteiger partial charge >= 0.3 is 0 Å². The van der Waals surface area contributed by atoms with Crippen molar-refractivity contribution in [1.29, 1.82) is 0 Å². The van der Waals surface area contributed by atoms with Crippen LogP contribution in [0.15, 0.2) is 29.4 Å². The zero-order valence-electron chi connectivity index (χ0n) is 15.0. The average molecular weight is 284 g/mol. The molecule has 0 amide bonds. The van der Waals surface area contributed by atoms with E-state index in [1.807, 2.05) is 0 Å². The smallest absolute Gasteiger partial charge is 0.0192 e. The molecule has 1 aromatic rings. The summed E-state index contributed by atoms with van der Waals surface area (Å²) in [5, 5.41) is 0. The second-order valence-electron chi connectivity index (χ2n) is 6.27. The average Bonchev–Trinajstić information content (AvgIpc) is 2.48. The van der Waals surface area contributed by atoms with Crippen molar-refractivity contribution in [2.75, 3.05) is 0 Å². The first kappa shape index (κ1) is 17.8. The lowest BCUT2D eigenvalue weighted by atomic mass is 9.88. The second-order valence-corrected chi connectivity index (χ2v) is 6.27. The van der Waals surface area contributed by atoms with Gasteiger partial charge in [-0.25, -0.2) is 0 Å². The predicted octanol–water partition coefficient (Wildman–Crippen LogP) is 6.83. The minimum atomic E-state index is 0.649. The molecule has 0 aliphatic rings. The summed E-state index contributed by atoms with van der Waals surface area (Å²) in [6.45, 7) is 15.6. The minimum Gasteiger partial charge on any atom is -0.0845 e. The maximum Gasteiger partial charge on any atom is -0.0192 e. The largest absolute Gasteiger partial charge is 0.0845 e. The van der Waals surface area contributed by atoms with Crippen LogP contribution in [0.1, 0.15) is 82.6 Å². The van der Waals surface area contributed by atoms with Gasteiger partial charge in [-0.15, -0.1) is 0 Å². The molecule has 1 rings (SSSR count). The fourth-order valence-electron chi connectivity index (χ4n) is 2.66. The van der Waals surface area contributed by atoms with Crippen LogP contribution in [-0.2, 0) is 6.42 Å². The van der Waals surface area contributed by atoms with E-state index in [0.717, 1.165) is 0 Å². The molecule has 0 N–H and O–H groups in total. The van der Waals surface area contributed by atoms with Gasteiger partial charge in [-0.1, -0.05) is 57.0 Å². The third-order valence-corrected chi connectivity index (χ3v) is 4.61. The van der Waals surface area contributed by atoms with E-state index in [1.54, 1.807) is 0 Å². The Morgan fingerprint density at radius 3 is 2.33 bits per heavy atom. The van der Waals surface area contributed by atoms with Crippen LogP contribution in [0.5, 0.6) is 0 Å². The van der Waals surface area contributed by atoms with Crippen molar-refractivity contribution in [2.24, 2.45) is 0 Å². The van der Waals surface area contributed by atoms with E-state index in [4.69, 9.17) is 0 Å². The van der Waals surface area contributed by atoms with Crippen LogP contribution in [0.3, 0.4) is 0 Å². The molecule has 0 spiro atoms. The summed E-state index contributed by atoms with van der Waals surface area (Å²) < 4.78 is 0. The molecule has 0 nitrogen and oxygen atoms in total. The molecule has 0 bridgehead atoms. The highest BCUT2D eigenvalue weighted by atomic mass is 14.2. The highest BCUT2D eigenvalue weighted by Crippen LogP contribution is 2.28. The van der Waals surface area contributed by atoms with Crippen molar-refractivity contribution in [1.82, 2.24) is 0 Å². The Labute approximate surface area is 132 Å². The Hall–Kier alpha value is -1.30. The Balaban J connectivity index is 3.37. The molecule has 0 heterocycles. The Morgan fingerprint density at radius 1 is 1.14 bits per heavy atom. The molecular weight excluding hydrogens is 252 g/mol. The lowest BCUT2D eigenvalue weighted by Gasteiger charge is -2.17. The zero-order valence-corrected chi connectivity index (χ0v) is 15.0. The van der Waals surface area contributed by atoms with Crippen LogP contribution in [-0.4, -0.2) is 0 Å². The topological polar surface area (TPSA) is 0 Å². The first-order valence-corrected chi connectivity index (χ1v) is 8.39. The van der Waals surface area contributed by atoms with Gasteiger partial charge in [0.15, 0.2) is 0 Å². The van der Waals surface area contributed by atoms with Crippen molar-refractivity contribution < 1.29 is 0 Å². The van der Waals surface area contributed by atoms with Crippen LogP contribution in [0.25, 0.3) is 6.08 Å². The number of benzene rings is 1. The maximum absolute atomic E-state index is 2.44. The summed E-state index contributed by atoms with van der Waals surface area (Å²) in [6, 6.07) is 4.83. The fraction of sp³-hybridized carbons (Fsp3) is 0.524. The van der Waals surface area contributed by atoms with Gasteiger partial charge in [0.05, 0.1) is 0 Å². The van der Waals surface area contributed by atoms with Gasteiger partial charge in [0, 0.05) is 0 Å². The Morgan fingerprint density at radius 2 is 1.81 bits per heavy atom. The summed E-state index contributed by atoms with van der Waals surface area (Å²) in [7, 11) is 0. The highest BCUT2D eigenvalue weighted by molar-refractivity contribution is 5.64. The molecule has 1 aromatic carbocycles. The third-order valence-electron chi connectivity index (χ3n) is 4.61.